The molecule has 0 radical (unpaired) electrons. The van der Waals surface area contributed by atoms with Crippen LogP contribution in [0, 0.1) is 0 Å². The third-order valence-corrected chi connectivity index (χ3v) is 5.76. The van der Waals surface area contributed by atoms with Crippen molar-refractivity contribution in [2.75, 3.05) is 5.32 Å². The molecule has 1 fully saturated rings. The summed E-state index contributed by atoms with van der Waals surface area (Å²) in [4.78, 5) is 37.4. The fourth-order valence-corrected chi connectivity index (χ4v) is 4.05. The summed E-state index contributed by atoms with van der Waals surface area (Å²) in [5.74, 6) is -2.08. The summed E-state index contributed by atoms with van der Waals surface area (Å²) in [5, 5.41) is 11.5. The van der Waals surface area contributed by atoms with Gasteiger partial charge in [0.1, 0.15) is 0 Å². The molecule has 7 nitrogen and oxygen atoms in total. The normalized spacial score (nSPS) is 14.2. The van der Waals surface area contributed by atoms with E-state index in [0.717, 1.165) is 42.0 Å². The van der Waals surface area contributed by atoms with E-state index in [-0.39, 0.29) is 17.6 Å². The second-order valence-corrected chi connectivity index (χ2v) is 8.08. The lowest BCUT2D eigenvalue weighted by Crippen LogP contribution is -2.37. The van der Waals surface area contributed by atoms with Crippen LogP contribution in [0.1, 0.15) is 48.0 Å². The summed E-state index contributed by atoms with van der Waals surface area (Å²) in [5.41, 5.74) is 3.67. The van der Waals surface area contributed by atoms with E-state index in [1.165, 1.54) is 12.6 Å². The first-order valence-corrected chi connectivity index (χ1v) is 11.1. The number of nitrogens with zero attached hydrogens (tertiary/aromatic N) is 1. The molecule has 3 aromatic rings. The van der Waals surface area contributed by atoms with Crippen LogP contribution in [0.15, 0.2) is 71.8 Å². The van der Waals surface area contributed by atoms with Crippen LogP contribution >= 0.6 is 0 Å². The molecule has 3 aromatic carbocycles. The number of hydrogen-bond acceptors (Lipinski definition) is 4. The van der Waals surface area contributed by atoms with Crippen LogP contribution in [0.2, 0.25) is 0 Å². The zero-order chi connectivity index (χ0) is 23.0. The van der Waals surface area contributed by atoms with Crippen LogP contribution in [-0.2, 0) is 9.59 Å². The number of nitrogens with one attached hydrogen (secondary N) is 3. The van der Waals surface area contributed by atoms with Gasteiger partial charge in [0.2, 0.25) is 0 Å². The lowest BCUT2D eigenvalue weighted by atomic mass is 9.95. The topological polar surface area (TPSA) is 99.7 Å². The third kappa shape index (κ3) is 5.63. The zero-order valence-corrected chi connectivity index (χ0v) is 18.2. The van der Waals surface area contributed by atoms with Gasteiger partial charge in [0.25, 0.3) is 5.91 Å². The Kier molecular flexibility index (Phi) is 7.09. The van der Waals surface area contributed by atoms with Gasteiger partial charge in [0, 0.05) is 11.6 Å². The molecule has 0 atom stereocenters. The predicted octanol–water partition coefficient (Wildman–Crippen LogP) is 3.99. The van der Waals surface area contributed by atoms with E-state index in [1.54, 1.807) is 24.3 Å². The predicted molar refractivity (Wildman–Crippen MR) is 129 cm³/mol. The highest BCUT2D eigenvalue weighted by atomic mass is 16.2. The highest BCUT2D eigenvalue weighted by molar-refractivity contribution is 6.40. The first-order chi connectivity index (χ1) is 16.1. The Labute approximate surface area is 192 Å². The number of rotatable bonds is 5. The van der Waals surface area contributed by atoms with Crippen molar-refractivity contribution in [3.63, 3.8) is 0 Å². The standard InChI is InChI=1S/C26H26N4O3/c31-24(28-20-12-2-1-3-13-20)22-15-6-7-16-23(22)29-25(32)26(33)30-27-17-19-11-8-10-18-9-4-5-14-21(18)19/h4-11,14-17,20H,1-3,12-13H2,(H,28,31)(H,29,32)(H,30,33)/b27-17+. The van der Waals surface area contributed by atoms with Crippen LogP contribution < -0.4 is 16.1 Å². The Hall–Kier alpha value is -4.00. The number of para-hydroxylation sites is 1. The molecule has 0 spiro atoms. The minimum atomic E-state index is -0.922. The van der Waals surface area contributed by atoms with Crippen molar-refractivity contribution in [3.05, 3.63) is 77.9 Å². The summed E-state index contributed by atoms with van der Waals surface area (Å²) >= 11 is 0. The Morgan fingerprint density at radius 1 is 0.818 bits per heavy atom. The molecular weight excluding hydrogens is 416 g/mol. The number of carbonyl (C=O) groups is 3. The number of hydrogen-bond donors (Lipinski definition) is 3. The van der Waals surface area contributed by atoms with E-state index < -0.39 is 11.8 Å². The summed E-state index contributed by atoms with van der Waals surface area (Å²) in [6.45, 7) is 0. The van der Waals surface area contributed by atoms with Crippen LogP contribution in [0.25, 0.3) is 10.8 Å². The van der Waals surface area contributed by atoms with E-state index in [2.05, 4.69) is 21.2 Å². The van der Waals surface area contributed by atoms with E-state index in [4.69, 9.17) is 0 Å². The van der Waals surface area contributed by atoms with Crippen LogP contribution in [0.4, 0.5) is 5.69 Å². The second kappa shape index (κ2) is 10.5. The van der Waals surface area contributed by atoms with Gasteiger partial charge in [-0.1, -0.05) is 73.9 Å². The molecule has 3 N–H and O–H groups in total. The molecule has 33 heavy (non-hydrogen) atoms. The first kappa shape index (κ1) is 22.2. The molecule has 0 aromatic heterocycles. The highest BCUT2D eigenvalue weighted by Crippen LogP contribution is 2.20. The fourth-order valence-electron chi connectivity index (χ4n) is 4.05. The van der Waals surface area contributed by atoms with E-state index >= 15 is 0 Å². The van der Waals surface area contributed by atoms with Crippen molar-refractivity contribution < 1.29 is 14.4 Å². The summed E-state index contributed by atoms with van der Waals surface area (Å²) in [7, 11) is 0. The fraction of sp³-hybridized carbons (Fsp3) is 0.231. The molecule has 1 aliphatic rings. The highest BCUT2D eigenvalue weighted by Gasteiger charge is 2.20. The molecular formula is C26H26N4O3. The average molecular weight is 443 g/mol. The van der Waals surface area contributed by atoms with Gasteiger partial charge in [-0.05, 0) is 35.7 Å². The summed E-state index contributed by atoms with van der Waals surface area (Å²) in [6.07, 6.45) is 6.80. The maximum absolute atomic E-state index is 12.7. The quantitative estimate of drug-likeness (QED) is 0.316. The van der Waals surface area contributed by atoms with E-state index in [1.807, 2.05) is 42.5 Å². The van der Waals surface area contributed by atoms with Gasteiger partial charge in [0.05, 0.1) is 17.5 Å². The number of anilines is 1. The molecule has 0 bridgehead atoms. The van der Waals surface area contributed by atoms with Gasteiger partial charge in [-0.2, -0.15) is 5.10 Å². The molecule has 7 heteroatoms. The van der Waals surface area contributed by atoms with Gasteiger partial charge in [-0.15, -0.1) is 0 Å². The SMILES string of the molecule is O=C(N/N=C/c1cccc2ccccc12)C(=O)Nc1ccccc1C(=O)NC1CCCCC1. The molecule has 0 heterocycles. The lowest BCUT2D eigenvalue weighted by molar-refractivity contribution is -0.136. The smallest absolute Gasteiger partial charge is 0.329 e. The van der Waals surface area contributed by atoms with Crippen molar-refractivity contribution in [1.29, 1.82) is 0 Å². The van der Waals surface area contributed by atoms with Crippen LogP contribution in [0.5, 0.6) is 0 Å². The molecule has 168 valence electrons. The van der Waals surface area contributed by atoms with E-state index in [0.29, 0.717) is 5.56 Å². The van der Waals surface area contributed by atoms with Crippen LogP contribution in [-0.4, -0.2) is 30.0 Å². The Morgan fingerprint density at radius 2 is 1.55 bits per heavy atom. The minimum Gasteiger partial charge on any atom is -0.349 e. The molecule has 4 rings (SSSR count). The molecule has 1 aliphatic carbocycles. The number of carbonyl (C=O) groups excluding carboxylic acids is 3. The van der Waals surface area contributed by atoms with Gasteiger partial charge >= 0.3 is 11.8 Å². The Morgan fingerprint density at radius 3 is 2.39 bits per heavy atom. The summed E-state index contributed by atoms with van der Waals surface area (Å²) < 4.78 is 0. The number of fused-ring (bicyclic) bond motifs is 1. The summed E-state index contributed by atoms with van der Waals surface area (Å²) in [6, 6.07) is 20.4. The molecule has 3 amide bonds. The van der Waals surface area contributed by atoms with Crippen molar-refractivity contribution in [3.8, 4) is 0 Å². The van der Waals surface area contributed by atoms with Crippen LogP contribution in [0.3, 0.4) is 0 Å². The van der Waals surface area contributed by atoms with Gasteiger partial charge in [0.15, 0.2) is 0 Å². The number of benzene rings is 3. The molecule has 0 unspecified atom stereocenters. The van der Waals surface area contributed by atoms with Crippen molar-refractivity contribution in [1.82, 2.24) is 10.7 Å². The average Bonchev–Trinajstić information content (AvgIpc) is 2.85. The van der Waals surface area contributed by atoms with Crippen molar-refractivity contribution in [2.45, 2.75) is 38.1 Å². The largest absolute Gasteiger partial charge is 0.349 e. The molecule has 0 saturated heterocycles. The maximum atomic E-state index is 12.7. The van der Waals surface area contributed by atoms with E-state index in [9.17, 15) is 14.4 Å². The number of hydrazone groups is 1. The van der Waals surface area contributed by atoms with Gasteiger partial charge < -0.3 is 10.6 Å². The minimum absolute atomic E-state index is 0.140. The zero-order valence-electron chi connectivity index (χ0n) is 18.2. The lowest BCUT2D eigenvalue weighted by Gasteiger charge is -2.23. The van der Waals surface area contributed by atoms with Gasteiger partial charge in [-0.25, -0.2) is 5.43 Å². The van der Waals surface area contributed by atoms with Gasteiger partial charge in [-0.3, -0.25) is 14.4 Å². The maximum Gasteiger partial charge on any atom is 0.329 e. The molecule has 1 saturated carbocycles. The monoisotopic (exact) mass is 442 g/mol. The van der Waals surface area contributed by atoms with Crippen molar-refractivity contribution in [2.24, 2.45) is 5.10 Å². The third-order valence-electron chi connectivity index (χ3n) is 5.76. The first-order valence-electron chi connectivity index (χ1n) is 11.1. The molecule has 0 aliphatic heterocycles. The Balaban J connectivity index is 1.38. The number of amides is 3. The Bertz CT molecular complexity index is 1190. The van der Waals surface area contributed by atoms with Crippen molar-refractivity contribution >= 4 is 40.4 Å². The second-order valence-electron chi connectivity index (χ2n) is 8.08.